The number of methoxy groups -OCH3 is 1. The van der Waals surface area contributed by atoms with Gasteiger partial charge < -0.3 is 14.6 Å². The molecule has 0 radical (unpaired) electrons. The number of hydrogen-bond donors (Lipinski definition) is 1. The van der Waals surface area contributed by atoms with Crippen LogP contribution < -0.4 is 10.9 Å². The molecule has 0 fully saturated rings. The minimum Gasteiger partial charge on any atom is -0.465 e. The van der Waals surface area contributed by atoms with Crippen LogP contribution in [0.1, 0.15) is 10.4 Å². The van der Waals surface area contributed by atoms with Gasteiger partial charge in [0.2, 0.25) is 0 Å². The number of aromatic nitrogens is 1. The zero-order valence-electron chi connectivity index (χ0n) is 13.2. The molecule has 0 saturated carbocycles. The van der Waals surface area contributed by atoms with E-state index in [1.807, 2.05) is 6.26 Å². The summed E-state index contributed by atoms with van der Waals surface area (Å²) in [6.07, 6.45) is 1.82. The molecular weight excluding hydrogens is 333 g/mol. The molecule has 1 aromatic heterocycles. The van der Waals surface area contributed by atoms with Gasteiger partial charge in [0.05, 0.1) is 24.9 Å². The maximum atomic E-state index is 14.2. The number of rotatable bonds is 4. The molecule has 0 amide bonds. The molecule has 0 aliphatic heterocycles. The molecule has 0 unspecified atom stereocenters. The fourth-order valence-corrected chi connectivity index (χ4v) is 2.49. The lowest BCUT2D eigenvalue weighted by Gasteiger charge is -2.16. The van der Waals surface area contributed by atoms with Crippen molar-refractivity contribution in [3.63, 3.8) is 0 Å². The number of nitrogens with zero attached hydrogens (tertiary/aromatic N) is 2. The summed E-state index contributed by atoms with van der Waals surface area (Å²) in [6.45, 7) is 7.02. The number of benzene rings is 1. The largest absolute Gasteiger partial charge is 0.465 e. The maximum absolute atomic E-state index is 14.2. The number of esters is 1. The summed E-state index contributed by atoms with van der Waals surface area (Å²) >= 11 is 1.39. The van der Waals surface area contributed by atoms with Gasteiger partial charge in [-0.1, -0.05) is 0 Å². The van der Waals surface area contributed by atoms with Gasteiger partial charge in [0, 0.05) is 11.9 Å². The predicted molar refractivity (Wildman–Crippen MR) is 90.7 cm³/mol. The number of halogens is 1. The second-order valence-corrected chi connectivity index (χ2v) is 5.61. The Hall–Kier alpha value is -2.79. The molecule has 1 N–H and O–H groups in total. The smallest absolute Gasteiger partial charge is 0.340 e. The number of anilines is 2. The van der Waals surface area contributed by atoms with Crippen molar-refractivity contribution in [3.05, 3.63) is 57.4 Å². The van der Waals surface area contributed by atoms with Crippen molar-refractivity contribution in [1.82, 2.24) is 4.57 Å². The summed E-state index contributed by atoms with van der Waals surface area (Å²) in [4.78, 5) is 27.9. The molecule has 124 valence electrons. The zero-order chi connectivity index (χ0) is 17.9. The average molecular weight is 347 g/mol. The summed E-state index contributed by atoms with van der Waals surface area (Å²) in [5, 5.41) is 2.74. The summed E-state index contributed by atoms with van der Waals surface area (Å²) in [5.74, 6) is -1.21. The van der Waals surface area contributed by atoms with E-state index in [-0.39, 0.29) is 22.8 Å². The van der Waals surface area contributed by atoms with Crippen molar-refractivity contribution in [2.45, 2.75) is 4.90 Å². The number of pyridine rings is 1. The normalized spacial score (nSPS) is 10.1. The van der Waals surface area contributed by atoms with Crippen molar-refractivity contribution in [2.75, 3.05) is 18.7 Å². The molecule has 0 aliphatic carbocycles. The quantitative estimate of drug-likeness (QED) is 0.522. The first-order valence-corrected chi connectivity index (χ1v) is 7.95. The van der Waals surface area contributed by atoms with Crippen molar-refractivity contribution in [3.8, 4) is 0 Å². The van der Waals surface area contributed by atoms with Gasteiger partial charge in [0.25, 0.3) is 11.2 Å². The third-order valence-corrected chi connectivity index (χ3v) is 4.08. The fourth-order valence-electron chi connectivity index (χ4n) is 2.07. The highest BCUT2D eigenvalue weighted by molar-refractivity contribution is 7.98. The van der Waals surface area contributed by atoms with Gasteiger partial charge in [-0.3, -0.25) is 4.79 Å². The van der Waals surface area contributed by atoms with E-state index >= 15 is 0 Å². The van der Waals surface area contributed by atoms with Crippen LogP contribution in [0.5, 0.6) is 0 Å². The molecule has 1 aromatic carbocycles. The lowest BCUT2D eigenvalue weighted by atomic mass is 10.2. The molecule has 0 saturated heterocycles. The number of carbonyl (C=O) groups excluding carboxylic acids is 1. The van der Waals surface area contributed by atoms with Crippen molar-refractivity contribution in [1.29, 1.82) is 0 Å². The first-order chi connectivity index (χ1) is 11.4. The van der Waals surface area contributed by atoms with Crippen LogP contribution in [0.2, 0.25) is 0 Å². The van der Waals surface area contributed by atoms with Crippen LogP contribution in [0.4, 0.5) is 21.6 Å². The monoisotopic (exact) mass is 347 g/mol. The SMILES string of the molecule is [C-]#[N+]c1cc(C(=O)OC)c(Nc2ccc(SC)cc2F)n(C)c1=O. The van der Waals surface area contributed by atoms with Crippen LogP contribution in [0, 0.1) is 12.4 Å². The lowest BCUT2D eigenvalue weighted by Crippen LogP contribution is -2.22. The molecule has 24 heavy (non-hydrogen) atoms. The second kappa shape index (κ2) is 7.19. The first kappa shape index (κ1) is 17.6. The van der Waals surface area contributed by atoms with Crippen LogP contribution >= 0.6 is 11.8 Å². The summed E-state index contributed by atoms with van der Waals surface area (Å²) in [6, 6.07) is 5.70. The highest BCUT2D eigenvalue weighted by atomic mass is 32.2. The van der Waals surface area contributed by atoms with Gasteiger partial charge >= 0.3 is 5.97 Å². The molecule has 0 bridgehead atoms. The van der Waals surface area contributed by atoms with E-state index in [2.05, 4.69) is 14.9 Å². The summed E-state index contributed by atoms with van der Waals surface area (Å²) in [7, 11) is 2.57. The Labute approximate surface area is 142 Å². The van der Waals surface area contributed by atoms with E-state index in [9.17, 15) is 14.0 Å². The van der Waals surface area contributed by atoms with E-state index in [0.717, 1.165) is 15.5 Å². The lowest BCUT2D eigenvalue weighted by molar-refractivity contribution is 0.0601. The maximum Gasteiger partial charge on any atom is 0.340 e. The van der Waals surface area contributed by atoms with Crippen molar-refractivity contribution < 1.29 is 13.9 Å². The van der Waals surface area contributed by atoms with Gasteiger partial charge in [-0.05, 0) is 30.5 Å². The van der Waals surface area contributed by atoms with E-state index in [1.54, 1.807) is 6.07 Å². The van der Waals surface area contributed by atoms with Crippen molar-refractivity contribution >= 4 is 34.9 Å². The number of ether oxygens (including phenoxy) is 1. The third kappa shape index (κ3) is 3.26. The van der Waals surface area contributed by atoms with Crippen molar-refractivity contribution in [2.24, 2.45) is 7.05 Å². The van der Waals surface area contributed by atoms with E-state index in [1.165, 1.54) is 38.1 Å². The van der Waals surface area contributed by atoms with Gasteiger partial charge in [0.1, 0.15) is 11.6 Å². The molecular formula is C16H14FN3O3S. The topological polar surface area (TPSA) is 64.7 Å². The van der Waals surface area contributed by atoms with Gasteiger partial charge in [-0.2, -0.15) is 0 Å². The number of nitrogens with one attached hydrogen (secondary N) is 1. The minimum atomic E-state index is -0.737. The number of thioether (sulfide) groups is 1. The Morgan fingerprint density at radius 3 is 2.67 bits per heavy atom. The van der Waals surface area contributed by atoms with E-state index < -0.39 is 17.3 Å². The van der Waals surface area contributed by atoms with Crippen LogP contribution in [-0.2, 0) is 11.8 Å². The minimum absolute atomic E-state index is 0.0288. The summed E-state index contributed by atoms with van der Waals surface area (Å²) in [5.41, 5.74) is -0.745. The molecule has 1 heterocycles. The predicted octanol–water partition coefficient (Wildman–Crippen LogP) is 3.33. The van der Waals surface area contributed by atoms with Crippen LogP contribution in [0.3, 0.4) is 0 Å². The van der Waals surface area contributed by atoms with Gasteiger partial charge in [-0.15, -0.1) is 11.8 Å². The average Bonchev–Trinajstić information content (AvgIpc) is 2.59. The molecule has 6 nitrogen and oxygen atoms in total. The standard InChI is InChI=1S/C16H14FN3O3S/c1-18-13-8-10(16(22)23-3)14(20(2)15(13)21)19-12-6-5-9(24-4)7-11(12)17/h5-8,19H,2-4H3. The number of carbonyl (C=O) groups is 1. The van der Waals surface area contributed by atoms with E-state index in [0.29, 0.717) is 0 Å². The van der Waals surface area contributed by atoms with E-state index in [4.69, 9.17) is 6.57 Å². The highest BCUT2D eigenvalue weighted by Crippen LogP contribution is 2.27. The highest BCUT2D eigenvalue weighted by Gasteiger charge is 2.20. The Bertz CT molecular complexity index is 903. The zero-order valence-corrected chi connectivity index (χ0v) is 14.0. The summed E-state index contributed by atoms with van der Waals surface area (Å²) < 4.78 is 20.0. The Balaban J connectivity index is 2.61. The Morgan fingerprint density at radius 1 is 1.42 bits per heavy atom. The van der Waals surface area contributed by atoms with Gasteiger partial charge in [0.15, 0.2) is 0 Å². The van der Waals surface area contributed by atoms with Crippen LogP contribution in [0.25, 0.3) is 4.85 Å². The third-order valence-electron chi connectivity index (χ3n) is 3.35. The molecule has 8 heteroatoms. The number of hydrogen-bond acceptors (Lipinski definition) is 5. The first-order valence-electron chi connectivity index (χ1n) is 6.73. The molecule has 0 aliphatic rings. The second-order valence-electron chi connectivity index (χ2n) is 4.73. The fraction of sp³-hybridized carbons (Fsp3) is 0.188. The van der Waals surface area contributed by atoms with Crippen LogP contribution in [0.15, 0.2) is 34.0 Å². The van der Waals surface area contributed by atoms with Crippen LogP contribution in [-0.4, -0.2) is 23.9 Å². The molecule has 2 rings (SSSR count). The molecule has 0 spiro atoms. The Morgan fingerprint density at radius 2 is 2.12 bits per heavy atom. The molecule has 0 atom stereocenters. The molecule has 2 aromatic rings. The van der Waals surface area contributed by atoms with Gasteiger partial charge in [-0.25, -0.2) is 14.0 Å². The Kier molecular flexibility index (Phi) is 5.26.